The average Bonchev–Trinajstić information content (AvgIpc) is 2.74. The van der Waals surface area contributed by atoms with Crippen molar-refractivity contribution in [1.82, 2.24) is 9.88 Å². The molecular formula is C12H15N3O. The third-order valence-corrected chi connectivity index (χ3v) is 3.51. The topological polar surface area (TPSA) is 36.4 Å². The van der Waals surface area contributed by atoms with E-state index in [4.69, 9.17) is 0 Å². The number of amides is 1. The van der Waals surface area contributed by atoms with Gasteiger partial charge in [-0.25, -0.2) is 0 Å². The number of anilines is 1. The van der Waals surface area contributed by atoms with Crippen molar-refractivity contribution in [1.29, 1.82) is 0 Å². The maximum absolute atomic E-state index is 12.2. The van der Waals surface area contributed by atoms with Crippen LogP contribution in [-0.2, 0) is 11.3 Å². The van der Waals surface area contributed by atoms with Crippen molar-refractivity contribution in [2.45, 2.75) is 25.4 Å². The Morgan fingerprint density at radius 2 is 2.38 bits per heavy atom. The highest BCUT2D eigenvalue weighted by Gasteiger charge is 2.36. The molecule has 0 aromatic carbocycles. The molecule has 3 heterocycles. The van der Waals surface area contributed by atoms with Crippen molar-refractivity contribution in [2.24, 2.45) is 0 Å². The number of carbonyl (C=O) groups is 1. The van der Waals surface area contributed by atoms with E-state index in [0.29, 0.717) is 6.54 Å². The summed E-state index contributed by atoms with van der Waals surface area (Å²) in [6.07, 6.45) is 5.76. The highest BCUT2D eigenvalue weighted by molar-refractivity contribution is 5.87. The normalized spacial score (nSPS) is 24.1. The third-order valence-electron chi connectivity index (χ3n) is 3.51. The monoisotopic (exact) mass is 217 g/mol. The van der Waals surface area contributed by atoms with Crippen LogP contribution in [0.5, 0.6) is 0 Å². The second kappa shape index (κ2) is 3.47. The molecule has 1 atom stereocenters. The molecule has 0 saturated carbocycles. The second-order valence-corrected chi connectivity index (χ2v) is 4.55. The lowest BCUT2D eigenvalue weighted by Crippen LogP contribution is -2.41. The maximum Gasteiger partial charge on any atom is 0.245 e. The first kappa shape index (κ1) is 9.63. The summed E-state index contributed by atoms with van der Waals surface area (Å²) in [6, 6.07) is 2.08. The van der Waals surface area contributed by atoms with Gasteiger partial charge in [0.2, 0.25) is 5.91 Å². The van der Waals surface area contributed by atoms with E-state index >= 15 is 0 Å². The van der Waals surface area contributed by atoms with Crippen molar-refractivity contribution in [3.63, 3.8) is 0 Å². The van der Waals surface area contributed by atoms with Crippen LogP contribution in [0, 0.1) is 0 Å². The van der Waals surface area contributed by atoms with E-state index < -0.39 is 0 Å². The molecule has 4 nitrogen and oxygen atoms in total. The van der Waals surface area contributed by atoms with E-state index in [1.807, 2.05) is 30.4 Å². The zero-order chi connectivity index (χ0) is 11.1. The second-order valence-electron chi connectivity index (χ2n) is 4.55. The summed E-state index contributed by atoms with van der Waals surface area (Å²) in [5.74, 6) is 0.244. The molecule has 0 bridgehead atoms. The minimum absolute atomic E-state index is 0.0497. The summed E-state index contributed by atoms with van der Waals surface area (Å²) < 4.78 is 0. The largest absolute Gasteiger partial charge is 0.359 e. The molecule has 0 N–H and O–H groups in total. The van der Waals surface area contributed by atoms with Crippen molar-refractivity contribution in [2.75, 3.05) is 18.5 Å². The molecule has 1 saturated heterocycles. The van der Waals surface area contributed by atoms with Gasteiger partial charge < -0.3 is 9.80 Å². The van der Waals surface area contributed by atoms with E-state index in [-0.39, 0.29) is 11.9 Å². The number of likely N-dealkylation sites (N-methyl/N-ethyl adjacent to an activating group) is 1. The fourth-order valence-corrected chi connectivity index (χ4v) is 2.72. The molecule has 2 aliphatic rings. The molecule has 1 aromatic rings. The molecule has 1 aromatic heterocycles. The van der Waals surface area contributed by atoms with Crippen LogP contribution in [0.2, 0.25) is 0 Å². The number of nitrogens with zero attached hydrogens (tertiary/aromatic N) is 3. The maximum atomic E-state index is 12.2. The lowest BCUT2D eigenvalue weighted by molar-refractivity contribution is -0.131. The van der Waals surface area contributed by atoms with Gasteiger partial charge in [0.25, 0.3) is 0 Å². The van der Waals surface area contributed by atoms with Crippen molar-refractivity contribution >= 4 is 11.6 Å². The summed E-state index contributed by atoms with van der Waals surface area (Å²) in [6.45, 7) is 1.66. The number of fused-ring (bicyclic) bond motifs is 3. The lowest BCUT2D eigenvalue weighted by Gasteiger charge is -2.24. The van der Waals surface area contributed by atoms with E-state index in [0.717, 1.165) is 24.9 Å². The average molecular weight is 217 g/mol. The smallest absolute Gasteiger partial charge is 0.245 e. The zero-order valence-electron chi connectivity index (χ0n) is 9.39. The molecule has 4 heteroatoms. The molecule has 0 spiro atoms. The molecule has 1 fully saturated rings. The van der Waals surface area contributed by atoms with Gasteiger partial charge in [-0.3, -0.25) is 9.78 Å². The Bertz CT molecular complexity index is 432. The Balaban J connectivity index is 2.10. The van der Waals surface area contributed by atoms with Crippen LogP contribution in [0.15, 0.2) is 18.5 Å². The quantitative estimate of drug-likeness (QED) is 0.651. The highest BCUT2D eigenvalue weighted by Crippen LogP contribution is 2.32. The lowest BCUT2D eigenvalue weighted by atomic mass is 10.2. The molecule has 3 rings (SSSR count). The molecule has 1 amide bonds. The Labute approximate surface area is 94.9 Å². The van der Waals surface area contributed by atoms with E-state index in [2.05, 4.69) is 9.88 Å². The number of hydrogen-bond acceptors (Lipinski definition) is 3. The van der Waals surface area contributed by atoms with Crippen LogP contribution in [0.25, 0.3) is 0 Å². The highest BCUT2D eigenvalue weighted by atomic mass is 16.2. The van der Waals surface area contributed by atoms with Crippen LogP contribution in [0.3, 0.4) is 0 Å². The van der Waals surface area contributed by atoms with Gasteiger partial charge >= 0.3 is 0 Å². The summed E-state index contributed by atoms with van der Waals surface area (Å²) in [4.78, 5) is 20.4. The number of rotatable bonds is 0. The molecule has 84 valence electrons. The third kappa shape index (κ3) is 1.29. The first-order chi connectivity index (χ1) is 7.77. The van der Waals surface area contributed by atoms with Gasteiger partial charge in [0.15, 0.2) is 0 Å². The SMILES string of the molecule is CN1Cc2cnccc2N2CCC[C@H]2C1=O. The van der Waals surface area contributed by atoms with Crippen molar-refractivity contribution in [3.05, 3.63) is 24.0 Å². The van der Waals surface area contributed by atoms with Crippen LogP contribution >= 0.6 is 0 Å². The van der Waals surface area contributed by atoms with Crippen molar-refractivity contribution < 1.29 is 4.79 Å². The van der Waals surface area contributed by atoms with Gasteiger partial charge in [-0.2, -0.15) is 0 Å². The number of hydrogen-bond donors (Lipinski definition) is 0. The Hall–Kier alpha value is -1.58. The number of pyridine rings is 1. The van der Waals surface area contributed by atoms with Crippen molar-refractivity contribution in [3.8, 4) is 0 Å². The first-order valence-electron chi connectivity index (χ1n) is 5.72. The van der Waals surface area contributed by atoms with Gasteiger partial charge in [-0.15, -0.1) is 0 Å². The van der Waals surface area contributed by atoms with Crippen LogP contribution < -0.4 is 4.90 Å². The fraction of sp³-hybridized carbons (Fsp3) is 0.500. The van der Waals surface area contributed by atoms with E-state index in [1.54, 1.807) is 0 Å². The van der Waals surface area contributed by atoms with Crippen LogP contribution in [0.1, 0.15) is 18.4 Å². The summed E-state index contributed by atoms with van der Waals surface area (Å²) >= 11 is 0. The van der Waals surface area contributed by atoms with Gasteiger partial charge in [0, 0.05) is 43.8 Å². The minimum atomic E-state index is 0.0497. The Kier molecular flexibility index (Phi) is 2.09. The number of carbonyl (C=O) groups excluding carboxylic acids is 1. The van der Waals surface area contributed by atoms with E-state index in [1.165, 1.54) is 5.69 Å². The number of aromatic nitrogens is 1. The predicted molar refractivity (Wildman–Crippen MR) is 61.1 cm³/mol. The predicted octanol–water partition coefficient (Wildman–Crippen LogP) is 1.02. The first-order valence-corrected chi connectivity index (χ1v) is 5.72. The van der Waals surface area contributed by atoms with Gasteiger partial charge in [-0.1, -0.05) is 0 Å². The summed E-state index contributed by atoms with van der Waals surface area (Å²) in [5, 5.41) is 0. The minimum Gasteiger partial charge on any atom is -0.359 e. The van der Waals surface area contributed by atoms with Gasteiger partial charge in [0.05, 0.1) is 0 Å². The Morgan fingerprint density at radius 3 is 3.25 bits per heavy atom. The fourth-order valence-electron chi connectivity index (χ4n) is 2.72. The van der Waals surface area contributed by atoms with Crippen LogP contribution in [-0.4, -0.2) is 35.4 Å². The van der Waals surface area contributed by atoms with E-state index in [9.17, 15) is 4.79 Å². The molecule has 2 aliphatic heterocycles. The summed E-state index contributed by atoms with van der Waals surface area (Å²) in [5.41, 5.74) is 2.35. The summed E-state index contributed by atoms with van der Waals surface area (Å²) in [7, 11) is 1.88. The molecule has 16 heavy (non-hydrogen) atoms. The van der Waals surface area contributed by atoms with Crippen LogP contribution in [0.4, 0.5) is 5.69 Å². The Morgan fingerprint density at radius 1 is 1.50 bits per heavy atom. The molecule has 0 unspecified atom stereocenters. The zero-order valence-corrected chi connectivity index (χ0v) is 9.39. The standard InChI is InChI=1S/C12H15N3O/c1-14-8-9-7-13-5-4-10(9)15-6-2-3-11(15)12(14)16/h4-5,7,11H,2-3,6,8H2,1H3/t11-/m0/s1. The molecule has 0 radical (unpaired) electrons. The molecule has 0 aliphatic carbocycles. The van der Waals surface area contributed by atoms with Gasteiger partial charge in [-0.05, 0) is 18.9 Å². The molecular weight excluding hydrogens is 202 g/mol. The van der Waals surface area contributed by atoms with Gasteiger partial charge in [0.1, 0.15) is 6.04 Å².